The quantitative estimate of drug-likeness (QED) is 0.183. The standard InChI is InChI=1S/C43H40N4O/c1-29-24-42(44-27-38(29)32-12-6-4-7-13-32)46-22-10-16-34-18-20-36(25-40(34)46)48-37-21-19-35-17-11-23-47(41(35)26-37)43-31(3)30(2)39(28-45-43)33-14-8-5-9-15-33/h4-9,12-15,18-21,24-28H,10-11,16-17,22-23H2,1-3H3/i5D,8D,9D,14D,15D. The summed E-state index contributed by atoms with van der Waals surface area (Å²) in [5.41, 5.74) is 10.5. The molecule has 0 aliphatic carbocycles. The van der Waals surface area contributed by atoms with Gasteiger partial charge in [0.05, 0.1) is 6.85 Å². The molecule has 4 heterocycles. The number of hydrogen-bond acceptors (Lipinski definition) is 5. The average molecular weight is 634 g/mol. The van der Waals surface area contributed by atoms with Crippen LogP contribution in [0.5, 0.6) is 11.5 Å². The van der Waals surface area contributed by atoms with Crippen molar-refractivity contribution in [3.05, 3.63) is 143 Å². The molecule has 0 amide bonds. The lowest BCUT2D eigenvalue weighted by Gasteiger charge is -2.33. The number of aryl methyl sites for hydroxylation is 3. The van der Waals surface area contributed by atoms with Crippen LogP contribution in [0.3, 0.4) is 0 Å². The summed E-state index contributed by atoms with van der Waals surface area (Å²) >= 11 is 0. The van der Waals surface area contributed by atoms with E-state index in [2.05, 4.69) is 71.3 Å². The van der Waals surface area contributed by atoms with Crippen LogP contribution in [-0.2, 0) is 12.8 Å². The van der Waals surface area contributed by atoms with Gasteiger partial charge in [-0.2, -0.15) is 0 Å². The van der Waals surface area contributed by atoms with Gasteiger partial charge in [0.15, 0.2) is 0 Å². The van der Waals surface area contributed by atoms with Crippen molar-refractivity contribution >= 4 is 23.0 Å². The van der Waals surface area contributed by atoms with Crippen molar-refractivity contribution in [2.45, 2.75) is 46.5 Å². The number of nitrogens with zero attached hydrogens (tertiary/aromatic N) is 4. The Morgan fingerprint density at radius 3 is 1.98 bits per heavy atom. The van der Waals surface area contributed by atoms with Gasteiger partial charge in [0, 0.05) is 60.1 Å². The van der Waals surface area contributed by atoms with Crippen molar-refractivity contribution in [3.63, 3.8) is 0 Å². The Kier molecular flexibility index (Phi) is 6.51. The van der Waals surface area contributed by atoms with Crippen molar-refractivity contribution in [3.8, 4) is 33.8 Å². The third kappa shape index (κ3) is 5.60. The van der Waals surface area contributed by atoms with E-state index in [0.717, 1.165) is 95.5 Å². The van der Waals surface area contributed by atoms with Crippen molar-refractivity contribution < 1.29 is 11.6 Å². The molecule has 2 aliphatic heterocycles. The van der Waals surface area contributed by atoms with E-state index in [1.807, 2.05) is 38.2 Å². The second-order valence-corrected chi connectivity index (χ2v) is 12.7. The van der Waals surface area contributed by atoms with Crippen LogP contribution < -0.4 is 14.5 Å². The summed E-state index contributed by atoms with van der Waals surface area (Å²) in [6.45, 7) is 7.69. The molecule has 0 spiro atoms. The number of anilines is 4. The molecule has 0 unspecified atom stereocenters. The molecule has 0 fully saturated rings. The Balaban J connectivity index is 1.09. The SMILES string of the molecule is [2H]c1c([2H])c([2H])c(-c2cnc(N3CCCc4ccc(Oc5ccc6c(c5)N(c5cc(C)c(-c7ccccc7)cn5)CCC6)cc43)c(C)c2C)c([2H])c1[2H]. The van der Waals surface area contributed by atoms with E-state index in [0.29, 0.717) is 5.56 Å². The van der Waals surface area contributed by atoms with Gasteiger partial charge in [-0.15, -0.1) is 0 Å². The highest BCUT2D eigenvalue weighted by atomic mass is 16.5. The minimum absolute atomic E-state index is 0.170. The lowest BCUT2D eigenvalue weighted by atomic mass is 9.97. The first-order valence-electron chi connectivity index (χ1n) is 19.1. The van der Waals surface area contributed by atoms with Gasteiger partial charge >= 0.3 is 0 Å². The van der Waals surface area contributed by atoms with Crippen molar-refractivity contribution in [2.24, 2.45) is 0 Å². The molecule has 0 atom stereocenters. The molecular formula is C43H40N4O. The molecule has 0 saturated heterocycles. The fourth-order valence-corrected chi connectivity index (χ4v) is 7.04. The molecule has 5 heteroatoms. The molecular weight excluding hydrogens is 589 g/mol. The predicted molar refractivity (Wildman–Crippen MR) is 197 cm³/mol. The third-order valence-corrected chi connectivity index (χ3v) is 9.69. The highest BCUT2D eigenvalue weighted by Crippen LogP contribution is 2.41. The Bertz CT molecular complexity index is 2370. The zero-order chi connectivity index (χ0) is 37.0. The summed E-state index contributed by atoms with van der Waals surface area (Å²) in [6.07, 6.45) is 7.57. The van der Waals surface area contributed by atoms with Crippen LogP contribution in [-0.4, -0.2) is 23.1 Å². The smallest absolute Gasteiger partial charge is 0.136 e. The maximum absolute atomic E-state index is 8.52. The van der Waals surface area contributed by atoms with Gasteiger partial charge < -0.3 is 14.5 Å². The first-order chi connectivity index (χ1) is 25.6. The monoisotopic (exact) mass is 633 g/mol. The molecule has 6 aromatic rings. The number of rotatable bonds is 6. The highest BCUT2D eigenvalue weighted by Gasteiger charge is 2.24. The zero-order valence-corrected chi connectivity index (χ0v) is 27.5. The van der Waals surface area contributed by atoms with E-state index in [4.69, 9.17) is 21.6 Å². The molecule has 0 saturated carbocycles. The van der Waals surface area contributed by atoms with Gasteiger partial charge in [-0.1, -0.05) is 72.7 Å². The number of hydrogen-bond donors (Lipinski definition) is 0. The van der Waals surface area contributed by atoms with Gasteiger partial charge in [-0.05, 0) is 104 Å². The normalized spacial score (nSPS) is 15.4. The molecule has 0 radical (unpaired) electrons. The lowest BCUT2D eigenvalue weighted by Crippen LogP contribution is -2.26. The predicted octanol–water partition coefficient (Wildman–Crippen LogP) is 10.7. The largest absolute Gasteiger partial charge is 0.457 e. The Hall–Kier alpha value is -5.42. The fourth-order valence-electron chi connectivity index (χ4n) is 7.04. The van der Waals surface area contributed by atoms with E-state index in [9.17, 15) is 0 Å². The van der Waals surface area contributed by atoms with Gasteiger partial charge in [0.1, 0.15) is 23.1 Å². The summed E-state index contributed by atoms with van der Waals surface area (Å²) in [4.78, 5) is 14.3. The molecule has 4 aromatic carbocycles. The van der Waals surface area contributed by atoms with Crippen LogP contribution >= 0.6 is 0 Å². The van der Waals surface area contributed by atoms with E-state index in [1.54, 1.807) is 6.20 Å². The van der Waals surface area contributed by atoms with E-state index < -0.39 is 6.04 Å². The lowest BCUT2D eigenvalue weighted by molar-refractivity contribution is 0.481. The molecule has 238 valence electrons. The van der Waals surface area contributed by atoms with Crippen LogP contribution in [0.1, 0.15) is 47.5 Å². The van der Waals surface area contributed by atoms with Crippen LogP contribution in [0.15, 0.2) is 115 Å². The molecule has 8 rings (SSSR count). The third-order valence-electron chi connectivity index (χ3n) is 9.69. The molecule has 5 nitrogen and oxygen atoms in total. The number of fused-ring (bicyclic) bond motifs is 2. The van der Waals surface area contributed by atoms with Crippen LogP contribution in [0.25, 0.3) is 22.3 Å². The summed E-state index contributed by atoms with van der Waals surface area (Å²) in [6, 6.07) is 23.6. The molecule has 0 bridgehead atoms. The summed E-state index contributed by atoms with van der Waals surface area (Å²) in [5, 5.41) is 0. The summed E-state index contributed by atoms with van der Waals surface area (Å²) in [5.74, 6) is 3.19. The van der Waals surface area contributed by atoms with Gasteiger partial charge in [0.25, 0.3) is 0 Å². The summed E-state index contributed by atoms with van der Waals surface area (Å²) in [7, 11) is 0. The second kappa shape index (κ2) is 12.6. The van der Waals surface area contributed by atoms with E-state index in [-0.39, 0.29) is 29.7 Å². The molecule has 48 heavy (non-hydrogen) atoms. The van der Waals surface area contributed by atoms with Crippen LogP contribution in [0.2, 0.25) is 0 Å². The number of aromatic nitrogens is 2. The zero-order valence-electron chi connectivity index (χ0n) is 32.5. The molecule has 0 N–H and O–H groups in total. The van der Waals surface area contributed by atoms with Crippen molar-refractivity contribution in [1.29, 1.82) is 0 Å². The average Bonchev–Trinajstić information content (AvgIpc) is 3.18. The number of benzene rings is 4. The topological polar surface area (TPSA) is 41.5 Å². The van der Waals surface area contributed by atoms with Crippen molar-refractivity contribution in [1.82, 2.24) is 9.97 Å². The maximum atomic E-state index is 8.52. The van der Waals surface area contributed by atoms with Gasteiger partial charge in [-0.25, -0.2) is 9.97 Å². The van der Waals surface area contributed by atoms with E-state index >= 15 is 0 Å². The number of ether oxygens (including phenoxy) is 1. The number of pyridine rings is 2. The Morgan fingerprint density at radius 2 is 1.29 bits per heavy atom. The highest BCUT2D eigenvalue weighted by molar-refractivity contribution is 5.76. The summed E-state index contributed by atoms with van der Waals surface area (Å²) < 4.78 is 48.0. The van der Waals surface area contributed by atoms with Crippen LogP contribution in [0, 0.1) is 20.8 Å². The maximum Gasteiger partial charge on any atom is 0.136 e. The fraction of sp³-hybridized carbons (Fsp3) is 0.209. The van der Waals surface area contributed by atoms with Gasteiger partial charge in [0.2, 0.25) is 0 Å². The Morgan fingerprint density at radius 1 is 0.646 bits per heavy atom. The minimum Gasteiger partial charge on any atom is -0.457 e. The molecule has 2 aliphatic rings. The van der Waals surface area contributed by atoms with Crippen LogP contribution in [0.4, 0.5) is 23.0 Å². The van der Waals surface area contributed by atoms with Crippen molar-refractivity contribution in [2.75, 3.05) is 22.9 Å². The van der Waals surface area contributed by atoms with E-state index in [1.165, 1.54) is 16.7 Å². The Labute approximate surface area is 290 Å². The minimum atomic E-state index is -0.403. The first-order valence-corrected chi connectivity index (χ1v) is 16.6. The first kappa shape index (κ1) is 24.7. The second-order valence-electron chi connectivity index (χ2n) is 12.7. The van der Waals surface area contributed by atoms with Gasteiger partial charge in [-0.3, -0.25) is 0 Å². The molecule has 2 aromatic heterocycles.